The number of methoxy groups -OCH3 is 1. The first-order valence-electron chi connectivity index (χ1n) is 9.63. The SMILES string of the molecule is COC(=O)[C@@H]1Cc2c(cccc2OCc2ccccc2)CN1C(=O)OC(C)(C)C. The van der Waals surface area contributed by atoms with Crippen molar-refractivity contribution in [2.75, 3.05) is 7.11 Å². The number of fused-ring (bicyclic) bond motifs is 1. The molecule has 29 heavy (non-hydrogen) atoms. The van der Waals surface area contributed by atoms with Crippen LogP contribution < -0.4 is 4.74 Å². The van der Waals surface area contributed by atoms with Crippen LogP contribution in [-0.2, 0) is 33.8 Å². The van der Waals surface area contributed by atoms with Crippen LogP contribution in [-0.4, -0.2) is 35.7 Å². The minimum absolute atomic E-state index is 0.256. The molecular weight excluding hydrogens is 370 g/mol. The summed E-state index contributed by atoms with van der Waals surface area (Å²) in [7, 11) is 1.32. The maximum absolute atomic E-state index is 12.7. The average Bonchev–Trinajstić information content (AvgIpc) is 2.70. The van der Waals surface area contributed by atoms with Crippen molar-refractivity contribution in [1.82, 2.24) is 4.90 Å². The van der Waals surface area contributed by atoms with E-state index in [0.29, 0.717) is 18.8 Å². The minimum atomic E-state index is -0.760. The van der Waals surface area contributed by atoms with Gasteiger partial charge in [-0.2, -0.15) is 0 Å². The van der Waals surface area contributed by atoms with E-state index in [9.17, 15) is 9.59 Å². The molecular formula is C23H27NO5. The summed E-state index contributed by atoms with van der Waals surface area (Å²) in [6.45, 7) is 6.07. The number of amides is 1. The molecule has 6 nitrogen and oxygen atoms in total. The zero-order valence-corrected chi connectivity index (χ0v) is 17.3. The fourth-order valence-electron chi connectivity index (χ4n) is 3.32. The molecule has 0 aliphatic carbocycles. The van der Waals surface area contributed by atoms with Gasteiger partial charge in [-0.1, -0.05) is 42.5 Å². The molecule has 2 aromatic carbocycles. The van der Waals surface area contributed by atoms with Crippen molar-refractivity contribution in [1.29, 1.82) is 0 Å². The average molecular weight is 397 g/mol. The molecule has 1 aliphatic rings. The van der Waals surface area contributed by atoms with E-state index >= 15 is 0 Å². The van der Waals surface area contributed by atoms with Crippen LogP contribution in [0.1, 0.15) is 37.5 Å². The van der Waals surface area contributed by atoms with Crippen LogP contribution >= 0.6 is 0 Å². The summed E-state index contributed by atoms with van der Waals surface area (Å²) in [6, 6.07) is 14.8. The van der Waals surface area contributed by atoms with E-state index < -0.39 is 23.7 Å². The zero-order valence-electron chi connectivity index (χ0n) is 17.3. The highest BCUT2D eigenvalue weighted by Crippen LogP contribution is 2.32. The second-order valence-electron chi connectivity index (χ2n) is 8.02. The summed E-state index contributed by atoms with van der Waals surface area (Å²) in [5.41, 5.74) is 2.25. The van der Waals surface area contributed by atoms with E-state index in [-0.39, 0.29) is 6.54 Å². The Morgan fingerprint density at radius 2 is 1.79 bits per heavy atom. The number of hydrogen-bond acceptors (Lipinski definition) is 5. The third-order valence-corrected chi connectivity index (χ3v) is 4.68. The molecule has 1 aliphatic heterocycles. The molecule has 0 fully saturated rings. The Morgan fingerprint density at radius 1 is 1.07 bits per heavy atom. The molecule has 0 N–H and O–H groups in total. The van der Waals surface area contributed by atoms with Gasteiger partial charge in [0.25, 0.3) is 0 Å². The second-order valence-corrected chi connectivity index (χ2v) is 8.02. The van der Waals surface area contributed by atoms with Gasteiger partial charge in [0.05, 0.1) is 13.7 Å². The van der Waals surface area contributed by atoms with Crippen molar-refractivity contribution in [2.24, 2.45) is 0 Å². The molecule has 1 heterocycles. The standard InChI is InChI=1S/C23H27NO5/c1-23(2,3)29-22(26)24-14-17-11-8-12-20(18(17)13-19(24)21(25)27-4)28-15-16-9-6-5-7-10-16/h5-12,19H,13-15H2,1-4H3/t19-/m0/s1. The van der Waals surface area contributed by atoms with Gasteiger partial charge in [0, 0.05) is 12.0 Å². The lowest BCUT2D eigenvalue weighted by atomic mass is 9.93. The van der Waals surface area contributed by atoms with Crippen LogP contribution in [0.2, 0.25) is 0 Å². The molecule has 2 aromatic rings. The number of rotatable bonds is 4. The van der Waals surface area contributed by atoms with Gasteiger partial charge in [-0.05, 0) is 38.0 Å². The van der Waals surface area contributed by atoms with E-state index in [1.807, 2.05) is 48.5 Å². The van der Waals surface area contributed by atoms with Crippen LogP contribution in [0.25, 0.3) is 0 Å². The van der Waals surface area contributed by atoms with Gasteiger partial charge in [-0.25, -0.2) is 9.59 Å². The van der Waals surface area contributed by atoms with Gasteiger partial charge in [0.2, 0.25) is 0 Å². The number of carbonyl (C=O) groups is 2. The predicted molar refractivity (Wildman–Crippen MR) is 109 cm³/mol. The lowest BCUT2D eigenvalue weighted by Gasteiger charge is -2.36. The first-order chi connectivity index (χ1) is 13.8. The molecule has 0 radical (unpaired) electrons. The molecule has 0 aromatic heterocycles. The number of hydrogen-bond donors (Lipinski definition) is 0. The zero-order chi connectivity index (χ0) is 21.0. The second kappa shape index (κ2) is 8.55. The Hall–Kier alpha value is -3.02. The first-order valence-corrected chi connectivity index (χ1v) is 9.63. The highest BCUT2D eigenvalue weighted by Gasteiger charge is 2.38. The lowest BCUT2D eigenvalue weighted by Crippen LogP contribution is -2.50. The third-order valence-electron chi connectivity index (χ3n) is 4.68. The van der Waals surface area contributed by atoms with E-state index in [1.165, 1.54) is 12.0 Å². The monoisotopic (exact) mass is 397 g/mol. The number of benzene rings is 2. The quantitative estimate of drug-likeness (QED) is 0.727. The Morgan fingerprint density at radius 3 is 2.45 bits per heavy atom. The largest absolute Gasteiger partial charge is 0.489 e. The van der Waals surface area contributed by atoms with E-state index in [0.717, 1.165) is 16.7 Å². The number of ether oxygens (including phenoxy) is 3. The van der Waals surface area contributed by atoms with Crippen LogP contribution in [0.15, 0.2) is 48.5 Å². The van der Waals surface area contributed by atoms with Gasteiger partial charge in [-0.3, -0.25) is 4.90 Å². The Bertz CT molecular complexity index is 873. The van der Waals surface area contributed by atoms with Crippen molar-refractivity contribution < 1.29 is 23.8 Å². The van der Waals surface area contributed by atoms with Crippen molar-refractivity contribution in [2.45, 2.75) is 52.0 Å². The summed E-state index contributed by atoms with van der Waals surface area (Å²) in [4.78, 5) is 26.6. The molecule has 0 bridgehead atoms. The summed E-state index contributed by atoms with van der Waals surface area (Å²) in [5, 5.41) is 0. The molecule has 1 atom stereocenters. The van der Waals surface area contributed by atoms with Gasteiger partial charge in [0.15, 0.2) is 0 Å². The minimum Gasteiger partial charge on any atom is -0.489 e. The third kappa shape index (κ3) is 5.08. The predicted octanol–water partition coefficient (Wildman–Crippen LogP) is 4.10. The summed E-state index contributed by atoms with van der Waals surface area (Å²) in [6.07, 6.45) is -0.221. The van der Waals surface area contributed by atoms with Crippen molar-refractivity contribution in [3.63, 3.8) is 0 Å². The molecule has 3 rings (SSSR count). The smallest absolute Gasteiger partial charge is 0.411 e. The molecule has 0 spiro atoms. The number of carbonyl (C=O) groups excluding carboxylic acids is 2. The lowest BCUT2D eigenvalue weighted by molar-refractivity contribution is -0.147. The number of esters is 1. The maximum atomic E-state index is 12.7. The highest BCUT2D eigenvalue weighted by atomic mass is 16.6. The molecule has 154 valence electrons. The Kier molecular flexibility index (Phi) is 6.11. The van der Waals surface area contributed by atoms with Crippen LogP contribution in [0.3, 0.4) is 0 Å². The fraction of sp³-hybridized carbons (Fsp3) is 0.391. The van der Waals surface area contributed by atoms with E-state index in [4.69, 9.17) is 14.2 Å². The van der Waals surface area contributed by atoms with Crippen molar-refractivity contribution >= 4 is 12.1 Å². The van der Waals surface area contributed by atoms with Gasteiger partial charge in [0.1, 0.15) is 24.0 Å². The fourth-order valence-corrected chi connectivity index (χ4v) is 3.32. The summed E-state index contributed by atoms with van der Waals surface area (Å²) < 4.78 is 16.5. The van der Waals surface area contributed by atoms with Gasteiger partial charge < -0.3 is 14.2 Å². The van der Waals surface area contributed by atoms with E-state index in [1.54, 1.807) is 20.8 Å². The summed E-state index contributed by atoms with van der Waals surface area (Å²) in [5.74, 6) is 0.239. The van der Waals surface area contributed by atoms with E-state index in [2.05, 4.69) is 0 Å². The van der Waals surface area contributed by atoms with Crippen LogP contribution in [0.4, 0.5) is 4.79 Å². The van der Waals surface area contributed by atoms with Gasteiger partial charge in [-0.15, -0.1) is 0 Å². The highest BCUT2D eigenvalue weighted by molar-refractivity contribution is 5.82. The van der Waals surface area contributed by atoms with Crippen LogP contribution in [0, 0.1) is 0 Å². The Labute approximate surface area is 171 Å². The molecule has 1 amide bonds. The van der Waals surface area contributed by atoms with Crippen LogP contribution in [0.5, 0.6) is 5.75 Å². The van der Waals surface area contributed by atoms with Gasteiger partial charge >= 0.3 is 12.1 Å². The Balaban J connectivity index is 1.86. The molecule has 6 heteroatoms. The van der Waals surface area contributed by atoms with Crippen molar-refractivity contribution in [3.8, 4) is 5.75 Å². The maximum Gasteiger partial charge on any atom is 0.411 e. The van der Waals surface area contributed by atoms with Crippen molar-refractivity contribution in [3.05, 3.63) is 65.2 Å². The number of nitrogens with zero attached hydrogens (tertiary/aromatic N) is 1. The molecule has 0 saturated carbocycles. The first kappa shape index (κ1) is 20.7. The topological polar surface area (TPSA) is 65.1 Å². The normalized spacial score (nSPS) is 16.0. The molecule has 0 unspecified atom stereocenters. The summed E-state index contributed by atoms with van der Waals surface area (Å²) >= 11 is 0. The molecule has 0 saturated heterocycles.